The van der Waals surface area contributed by atoms with Gasteiger partial charge in [0.25, 0.3) is 15.9 Å². The van der Waals surface area contributed by atoms with E-state index in [9.17, 15) is 13.2 Å². The van der Waals surface area contributed by atoms with E-state index in [1.54, 1.807) is 30.3 Å². The second-order valence-corrected chi connectivity index (χ2v) is 10.4. The van der Waals surface area contributed by atoms with Crippen molar-refractivity contribution in [3.05, 3.63) is 89.0 Å². The molecule has 2 N–H and O–H groups in total. The Morgan fingerprint density at radius 3 is 2.03 bits per heavy atom. The van der Waals surface area contributed by atoms with Crippen LogP contribution in [-0.4, -0.2) is 14.3 Å². The van der Waals surface area contributed by atoms with Gasteiger partial charge in [-0.1, -0.05) is 45.0 Å². The molecule has 5 nitrogen and oxygen atoms in total. The Kier molecular flexibility index (Phi) is 6.23. The van der Waals surface area contributed by atoms with Crippen molar-refractivity contribution in [2.45, 2.75) is 44.9 Å². The SMILES string of the molecule is Cc1ccc(C)c(NS(=O)(=O)c2ccc(NC(=O)c3ccc(C(C)(C)C)cc3)cc2)c1. The van der Waals surface area contributed by atoms with Gasteiger partial charge >= 0.3 is 0 Å². The molecular weight excluding hydrogens is 408 g/mol. The number of carbonyl (C=O) groups is 1. The molecule has 0 atom stereocenters. The fourth-order valence-electron chi connectivity index (χ4n) is 3.09. The summed E-state index contributed by atoms with van der Waals surface area (Å²) in [5.41, 5.74) is 4.59. The average Bonchev–Trinajstić information content (AvgIpc) is 2.70. The van der Waals surface area contributed by atoms with Crippen LogP contribution < -0.4 is 10.0 Å². The lowest BCUT2D eigenvalue weighted by atomic mass is 9.87. The van der Waals surface area contributed by atoms with E-state index in [1.807, 2.05) is 38.1 Å². The summed E-state index contributed by atoms with van der Waals surface area (Å²) in [5, 5.41) is 2.81. The van der Waals surface area contributed by atoms with Crippen LogP contribution in [0.15, 0.2) is 71.6 Å². The molecule has 0 radical (unpaired) electrons. The molecule has 31 heavy (non-hydrogen) atoms. The van der Waals surface area contributed by atoms with Gasteiger partial charge in [-0.05, 0) is 78.4 Å². The number of nitrogens with one attached hydrogen (secondary N) is 2. The van der Waals surface area contributed by atoms with Gasteiger partial charge in [-0.3, -0.25) is 9.52 Å². The van der Waals surface area contributed by atoms with E-state index in [1.165, 1.54) is 12.1 Å². The predicted octanol–water partition coefficient (Wildman–Crippen LogP) is 5.65. The topological polar surface area (TPSA) is 75.3 Å². The van der Waals surface area contributed by atoms with Crippen molar-refractivity contribution in [1.82, 2.24) is 0 Å². The molecule has 0 aliphatic rings. The largest absolute Gasteiger partial charge is 0.322 e. The summed E-state index contributed by atoms with van der Waals surface area (Å²) in [5.74, 6) is -0.246. The molecule has 0 spiro atoms. The van der Waals surface area contributed by atoms with Crippen molar-refractivity contribution >= 4 is 27.3 Å². The lowest BCUT2D eigenvalue weighted by Crippen LogP contribution is -2.15. The fourth-order valence-corrected chi connectivity index (χ4v) is 4.21. The summed E-state index contributed by atoms with van der Waals surface area (Å²) in [6.07, 6.45) is 0. The third-order valence-electron chi connectivity index (χ3n) is 5.07. The minimum absolute atomic E-state index is 0.0152. The van der Waals surface area contributed by atoms with Crippen molar-refractivity contribution in [2.75, 3.05) is 10.0 Å². The Morgan fingerprint density at radius 2 is 1.45 bits per heavy atom. The van der Waals surface area contributed by atoms with Crippen molar-refractivity contribution in [1.29, 1.82) is 0 Å². The zero-order valence-corrected chi connectivity index (χ0v) is 19.3. The van der Waals surface area contributed by atoms with E-state index in [-0.39, 0.29) is 16.2 Å². The van der Waals surface area contributed by atoms with E-state index >= 15 is 0 Å². The predicted molar refractivity (Wildman–Crippen MR) is 126 cm³/mol. The zero-order valence-electron chi connectivity index (χ0n) is 18.5. The number of rotatable bonds is 5. The maximum Gasteiger partial charge on any atom is 0.261 e. The maximum atomic E-state index is 12.7. The summed E-state index contributed by atoms with van der Waals surface area (Å²) in [4.78, 5) is 12.7. The average molecular weight is 437 g/mol. The first-order valence-corrected chi connectivity index (χ1v) is 11.6. The van der Waals surface area contributed by atoms with Crippen LogP contribution in [0.3, 0.4) is 0 Å². The summed E-state index contributed by atoms with van der Waals surface area (Å²) in [6.45, 7) is 10.1. The number of anilines is 2. The van der Waals surface area contributed by atoms with Crippen LogP contribution in [0.25, 0.3) is 0 Å². The van der Waals surface area contributed by atoms with E-state index < -0.39 is 10.0 Å². The lowest BCUT2D eigenvalue weighted by Gasteiger charge is -2.19. The Morgan fingerprint density at radius 1 is 0.839 bits per heavy atom. The molecule has 0 saturated heterocycles. The third kappa shape index (κ3) is 5.52. The molecule has 0 aliphatic carbocycles. The first kappa shape index (κ1) is 22.6. The normalized spacial score (nSPS) is 11.8. The Bertz CT molecular complexity index is 1190. The highest BCUT2D eigenvalue weighted by atomic mass is 32.2. The van der Waals surface area contributed by atoms with E-state index in [0.29, 0.717) is 16.9 Å². The van der Waals surface area contributed by atoms with Crippen molar-refractivity contribution in [3.63, 3.8) is 0 Å². The summed E-state index contributed by atoms with van der Waals surface area (Å²) in [6, 6.07) is 19.2. The van der Waals surface area contributed by atoms with Crippen LogP contribution in [0.1, 0.15) is 47.8 Å². The Hall–Kier alpha value is -3.12. The molecule has 0 aromatic heterocycles. The summed E-state index contributed by atoms with van der Waals surface area (Å²) >= 11 is 0. The molecule has 3 aromatic rings. The van der Waals surface area contributed by atoms with E-state index in [2.05, 4.69) is 30.8 Å². The zero-order chi connectivity index (χ0) is 22.8. The summed E-state index contributed by atoms with van der Waals surface area (Å²) in [7, 11) is -3.73. The van der Waals surface area contributed by atoms with Crippen LogP contribution in [0.2, 0.25) is 0 Å². The Balaban J connectivity index is 1.72. The van der Waals surface area contributed by atoms with Crippen LogP contribution in [0.4, 0.5) is 11.4 Å². The number of aryl methyl sites for hydroxylation is 2. The van der Waals surface area contributed by atoms with Crippen LogP contribution in [0.5, 0.6) is 0 Å². The molecule has 0 bridgehead atoms. The summed E-state index contributed by atoms with van der Waals surface area (Å²) < 4.78 is 28.1. The first-order chi connectivity index (χ1) is 14.5. The standard InChI is InChI=1S/C25H28N2O3S/c1-17-6-7-18(2)23(16-17)27-31(29,30)22-14-12-21(13-15-22)26-24(28)19-8-10-20(11-9-19)25(3,4)5/h6-16,27H,1-5H3,(H,26,28). The monoisotopic (exact) mass is 436 g/mol. The number of carbonyl (C=O) groups excluding carboxylic acids is 1. The first-order valence-electron chi connectivity index (χ1n) is 10.1. The Labute approximate surface area is 184 Å². The van der Waals surface area contributed by atoms with Crippen LogP contribution in [-0.2, 0) is 15.4 Å². The number of hydrogen-bond acceptors (Lipinski definition) is 3. The number of sulfonamides is 1. The molecule has 0 aliphatic heterocycles. The molecule has 162 valence electrons. The molecule has 6 heteroatoms. The number of amides is 1. The van der Waals surface area contributed by atoms with Gasteiger partial charge in [0.2, 0.25) is 0 Å². The third-order valence-corrected chi connectivity index (χ3v) is 6.45. The highest BCUT2D eigenvalue weighted by Crippen LogP contribution is 2.24. The number of hydrogen-bond donors (Lipinski definition) is 2. The fraction of sp³-hybridized carbons (Fsp3) is 0.240. The second-order valence-electron chi connectivity index (χ2n) is 8.73. The van der Waals surface area contributed by atoms with Gasteiger partial charge in [-0.25, -0.2) is 8.42 Å². The number of benzene rings is 3. The highest BCUT2D eigenvalue weighted by Gasteiger charge is 2.17. The molecule has 1 amide bonds. The van der Waals surface area contributed by atoms with E-state index in [4.69, 9.17) is 0 Å². The molecule has 3 aromatic carbocycles. The highest BCUT2D eigenvalue weighted by molar-refractivity contribution is 7.92. The minimum atomic E-state index is -3.73. The quantitative estimate of drug-likeness (QED) is 0.542. The molecule has 3 rings (SSSR count). The van der Waals surface area contributed by atoms with Gasteiger partial charge in [0, 0.05) is 11.3 Å². The van der Waals surface area contributed by atoms with Gasteiger partial charge in [0.15, 0.2) is 0 Å². The second kappa shape index (κ2) is 8.55. The molecular formula is C25H28N2O3S. The van der Waals surface area contributed by atoms with Crippen LogP contribution in [0, 0.1) is 13.8 Å². The molecule has 0 saturated carbocycles. The lowest BCUT2D eigenvalue weighted by molar-refractivity contribution is 0.102. The molecule has 0 fully saturated rings. The van der Waals surface area contributed by atoms with Crippen LogP contribution >= 0.6 is 0 Å². The molecule has 0 heterocycles. The van der Waals surface area contributed by atoms with Gasteiger partial charge < -0.3 is 5.32 Å². The van der Waals surface area contributed by atoms with Gasteiger partial charge in [-0.15, -0.1) is 0 Å². The smallest absolute Gasteiger partial charge is 0.261 e. The minimum Gasteiger partial charge on any atom is -0.322 e. The van der Waals surface area contributed by atoms with Crippen molar-refractivity contribution in [3.8, 4) is 0 Å². The van der Waals surface area contributed by atoms with Gasteiger partial charge in [-0.2, -0.15) is 0 Å². The van der Waals surface area contributed by atoms with Crippen molar-refractivity contribution < 1.29 is 13.2 Å². The van der Waals surface area contributed by atoms with Crippen molar-refractivity contribution in [2.24, 2.45) is 0 Å². The van der Waals surface area contributed by atoms with Gasteiger partial charge in [0.1, 0.15) is 0 Å². The van der Waals surface area contributed by atoms with Gasteiger partial charge in [0.05, 0.1) is 10.6 Å². The van der Waals surface area contributed by atoms with E-state index in [0.717, 1.165) is 16.7 Å². The molecule has 0 unspecified atom stereocenters. The maximum absolute atomic E-state index is 12.7.